The van der Waals surface area contributed by atoms with Crippen LogP contribution in [-0.2, 0) is 44.5 Å². The van der Waals surface area contributed by atoms with E-state index in [2.05, 4.69) is 41.5 Å². The van der Waals surface area contributed by atoms with Crippen molar-refractivity contribution < 1.29 is 61.9 Å². The van der Waals surface area contributed by atoms with Gasteiger partial charge < -0.3 is 43.3 Å². The SMILES string of the molecule is Cc1c(C)c2c(c(C)c1OC(=O)CCCCCN(CCCCCCC(=O)OCC(=O)C13OC(C)(C)OC1CC1C4CCC5=CC(=O)C=CC5(C)C4(F)C(O)CC13C)C(=O)OCCN(C)C)CCC(C)(CCCC(C)CCCC(C)CCCC(C)C)O2. The van der Waals surface area contributed by atoms with Gasteiger partial charge in [0.25, 0.3) is 0 Å². The third-order valence-corrected chi connectivity index (χ3v) is 21.4. The molecule has 1 aromatic carbocycles. The van der Waals surface area contributed by atoms with E-state index in [-0.39, 0.29) is 55.2 Å². The van der Waals surface area contributed by atoms with Crippen molar-refractivity contribution in [3.63, 3.8) is 0 Å². The number of aliphatic hydroxyl groups is 1. The first kappa shape index (κ1) is 69.3. The summed E-state index contributed by atoms with van der Waals surface area (Å²) in [6.45, 7) is 26.3. The van der Waals surface area contributed by atoms with Crippen LogP contribution < -0.4 is 9.47 Å². The molecule has 2 heterocycles. The van der Waals surface area contributed by atoms with Crippen LogP contribution in [-0.4, -0.2) is 126 Å². The molecule has 0 bridgehead atoms. The number of aliphatic hydroxyl groups excluding tert-OH is 1. The van der Waals surface area contributed by atoms with E-state index in [4.69, 9.17) is 28.4 Å². The van der Waals surface area contributed by atoms with E-state index in [1.807, 2.05) is 39.8 Å². The molecule has 484 valence electrons. The number of hydrogen-bond donors (Lipinski definition) is 1. The lowest BCUT2D eigenvalue weighted by Crippen LogP contribution is -2.70. The van der Waals surface area contributed by atoms with E-state index in [1.165, 1.54) is 57.1 Å². The topological polar surface area (TPSA) is 167 Å². The molecule has 4 fully saturated rings. The number of fused-ring (bicyclic) bond motifs is 8. The van der Waals surface area contributed by atoms with E-state index in [1.54, 1.807) is 31.7 Å². The van der Waals surface area contributed by atoms with Gasteiger partial charge in [-0.2, -0.15) is 0 Å². The number of ether oxygens (including phenoxy) is 6. The molecule has 0 radical (unpaired) electrons. The summed E-state index contributed by atoms with van der Waals surface area (Å²) < 4.78 is 55.2. The van der Waals surface area contributed by atoms with E-state index < -0.39 is 64.4 Å². The highest BCUT2D eigenvalue weighted by Crippen LogP contribution is 2.72. The number of carbonyl (C=O) groups is 5. The molecule has 15 heteroatoms. The van der Waals surface area contributed by atoms with Crippen molar-refractivity contribution in [2.45, 2.75) is 272 Å². The van der Waals surface area contributed by atoms with E-state index in [9.17, 15) is 29.1 Å². The lowest BCUT2D eigenvalue weighted by Gasteiger charge is -2.62. The smallest absolute Gasteiger partial charge is 0.409 e. The Labute approximate surface area is 516 Å². The van der Waals surface area contributed by atoms with E-state index in [0.29, 0.717) is 82.3 Å². The summed E-state index contributed by atoms with van der Waals surface area (Å²) in [5, 5.41) is 11.9. The van der Waals surface area contributed by atoms with Crippen LogP contribution >= 0.6 is 0 Å². The lowest BCUT2D eigenvalue weighted by atomic mass is 9.44. The van der Waals surface area contributed by atoms with Gasteiger partial charge in [0.1, 0.15) is 23.7 Å². The Kier molecular flexibility index (Phi) is 23.5. The number of carbonyl (C=O) groups excluding carboxylic acids is 5. The van der Waals surface area contributed by atoms with Crippen LogP contribution in [0.25, 0.3) is 0 Å². The quantitative estimate of drug-likeness (QED) is 0.0411. The zero-order chi connectivity index (χ0) is 63.0. The van der Waals surface area contributed by atoms with Gasteiger partial charge in [-0.25, -0.2) is 9.18 Å². The molecule has 11 atom stereocenters. The first-order valence-electron chi connectivity index (χ1n) is 33.5. The zero-order valence-corrected chi connectivity index (χ0v) is 55.5. The van der Waals surface area contributed by atoms with Crippen LogP contribution in [0.2, 0.25) is 0 Å². The second kappa shape index (κ2) is 29.2. The molecule has 86 heavy (non-hydrogen) atoms. The number of rotatable bonds is 32. The van der Waals surface area contributed by atoms with Crippen LogP contribution in [0.4, 0.5) is 9.18 Å². The molecular weight excluding hydrogens is 1090 g/mol. The summed E-state index contributed by atoms with van der Waals surface area (Å²) >= 11 is 0. The molecule has 4 aliphatic carbocycles. The van der Waals surface area contributed by atoms with Crippen LogP contribution in [0.3, 0.4) is 0 Å². The maximum atomic E-state index is 17.9. The Morgan fingerprint density at radius 3 is 2.05 bits per heavy atom. The standard InChI is InChI=1S/C71H111FN2O12/c1-47(2)25-22-26-48(3)27-23-28-49(4)29-24-36-67(10)37-35-55-52(7)63(50(5)51(6)64(55)85-67)83-62(79)31-19-17-21-40-74(65(80)81-42-41-73(13)14)39-20-16-15-18-30-61(78)82-46-59(77)71-60(84-66(8,9)86-71)44-57-56-33-32-53-43-54(75)34-38-68(53,11)70(56,72)58(76)45-69(57,71)12/h34,38,43,47-49,56-58,60,76H,15-33,35-37,39-42,44-46H2,1-14H3. The third-order valence-electron chi connectivity index (χ3n) is 21.4. The Balaban J connectivity index is 0.823. The first-order valence-corrected chi connectivity index (χ1v) is 33.5. The van der Waals surface area contributed by atoms with Crippen molar-refractivity contribution in [1.82, 2.24) is 9.80 Å². The predicted molar refractivity (Wildman–Crippen MR) is 334 cm³/mol. The molecule has 1 saturated heterocycles. The van der Waals surface area contributed by atoms with Gasteiger partial charge in [-0.15, -0.1) is 0 Å². The van der Waals surface area contributed by atoms with Gasteiger partial charge in [0.15, 0.2) is 29.4 Å². The minimum absolute atomic E-state index is 0.0716. The minimum atomic E-state index is -2.08. The molecule has 6 aliphatic rings. The number of Topliss-reactive ketones (excluding diaryl/α,β-unsaturated/α-hetero) is 1. The van der Waals surface area contributed by atoms with Gasteiger partial charge in [0.05, 0.1) is 12.2 Å². The molecule has 1 aromatic rings. The highest BCUT2D eigenvalue weighted by molar-refractivity contribution is 6.01. The predicted octanol–water partition coefficient (Wildman–Crippen LogP) is 14.5. The minimum Gasteiger partial charge on any atom is -0.487 e. The number of esters is 2. The van der Waals surface area contributed by atoms with Crippen LogP contribution in [0.15, 0.2) is 23.8 Å². The monoisotopic (exact) mass is 1200 g/mol. The number of nitrogens with zero attached hydrogens (tertiary/aromatic N) is 2. The second-order valence-corrected chi connectivity index (χ2v) is 29.2. The molecule has 0 spiro atoms. The summed E-state index contributed by atoms with van der Waals surface area (Å²) in [5.41, 5.74) is -1.31. The number of benzene rings is 1. The van der Waals surface area contributed by atoms with E-state index in [0.717, 1.165) is 84.3 Å². The van der Waals surface area contributed by atoms with Crippen molar-refractivity contribution in [3.05, 3.63) is 46.1 Å². The van der Waals surface area contributed by atoms with Crippen molar-refractivity contribution in [2.75, 3.05) is 46.9 Å². The molecule has 1 amide bonds. The number of halogens is 1. The van der Waals surface area contributed by atoms with Crippen LogP contribution in [0.5, 0.6) is 11.5 Å². The molecule has 7 rings (SSSR count). The second-order valence-electron chi connectivity index (χ2n) is 29.2. The maximum Gasteiger partial charge on any atom is 0.409 e. The molecule has 0 aromatic heterocycles. The normalized spacial score (nSPS) is 29.5. The molecule has 3 saturated carbocycles. The number of likely N-dealkylation sites (N-methyl/N-ethyl adjacent to an activating group) is 1. The zero-order valence-electron chi connectivity index (χ0n) is 55.5. The summed E-state index contributed by atoms with van der Waals surface area (Å²) in [6.07, 6.45) is 21.4. The van der Waals surface area contributed by atoms with Crippen LogP contribution in [0.1, 0.15) is 232 Å². The lowest BCUT2D eigenvalue weighted by molar-refractivity contribution is -0.246. The van der Waals surface area contributed by atoms with Crippen molar-refractivity contribution in [2.24, 2.45) is 40.4 Å². The largest absolute Gasteiger partial charge is 0.487 e. The fourth-order valence-corrected chi connectivity index (χ4v) is 16.1. The van der Waals surface area contributed by atoms with E-state index >= 15 is 4.39 Å². The summed E-state index contributed by atoms with van der Waals surface area (Å²) in [5.74, 6) is 0.335. The summed E-state index contributed by atoms with van der Waals surface area (Å²) in [6, 6.07) is 0. The average Bonchev–Trinajstić information content (AvgIpc) is 1.42. The van der Waals surface area contributed by atoms with Gasteiger partial charge in [0, 0.05) is 54.8 Å². The van der Waals surface area contributed by atoms with Gasteiger partial charge >= 0.3 is 18.0 Å². The Bertz CT molecular complexity index is 2610. The maximum absolute atomic E-state index is 17.9. The highest BCUT2D eigenvalue weighted by atomic mass is 19.1. The number of amides is 1. The summed E-state index contributed by atoms with van der Waals surface area (Å²) in [4.78, 5) is 70.6. The van der Waals surface area contributed by atoms with Crippen molar-refractivity contribution >= 4 is 29.6 Å². The molecule has 1 N–H and O–H groups in total. The number of allylic oxidation sites excluding steroid dienone is 4. The Morgan fingerprint density at radius 2 is 1.38 bits per heavy atom. The van der Waals surface area contributed by atoms with Gasteiger partial charge in [0.2, 0.25) is 5.78 Å². The fraction of sp³-hybridized carbons (Fsp3) is 0.789. The van der Waals surface area contributed by atoms with Gasteiger partial charge in [-0.05, 0) is 192 Å². The number of ketones is 2. The average molecular weight is 1200 g/mol. The Morgan fingerprint density at radius 1 is 0.756 bits per heavy atom. The molecule has 14 nitrogen and oxygen atoms in total. The number of hydrogen-bond acceptors (Lipinski definition) is 13. The van der Waals surface area contributed by atoms with Crippen molar-refractivity contribution in [3.8, 4) is 11.5 Å². The molecule has 11 unspecified atom stereocenters. The number of unbranched alkanes of at least 4 members (excludes halogenated alkanes) is 5. The third kappa shape index (κ3) is 15.5. The van der Waals surface area contributed by atoms with Crippen molar-refractivity contribution in [1.29, 1.82) is 0 Å². The number of alkyl halides is 1. The first-order chi connectivity index (χ1) is 40.5. The van der Waals surface area contributed by atoms with Gasteiger partial charge in [-0.3, -0.25) is 19.2 Å². The summed E-state index contributed by atoms with van der Waals surface area (Å²) in [7, 11) is 3.85. The fourth-order valence-electron chi connectivity index (χ4n) is 16.1. The van der Waals surface area contributed by atoms with Crippen LogP contribution in [0, 0.1) is 61.2 Å². The Hall–Kier alpha value is -4.18. The van der Waals surface area contributed by atoms with Gasteiger partial charge in [-0.1, -0.05) is 110 Å². The highest BCUT2D eigenvalue weighted by Gasteiger charge is 2.80. The molecule has 2 aliphatic heterocycles. The molecular formula is C71H111FN2O12.